The number of anilines is 1. The lowest BCUT2D eigenvalue weighted by atomic mass is 9.96. The molecule has 2 aliphatic rings. The number of hydrogen-bond donors (Lipinski definition) is 2. The maximum absolute atomic E-state index is 13.1. The average Bonchev–Trinajstić information content (AvgIpc) is 2.79. The number of aromatic nitrogens is 1. The van der Waals surface area contributed by atoms with Crippen LogP contribution in [-0.4, -0.2) is 42.0 Å². The van der Waals surface area contributed by atoms with E-state index in [9.17, 15) is 4.79 Å². The molecule has 3 aromatic rings. The zero-order chi connectivity index (χ0) is 19.6. The van der Waals surface area contributed by atoms with Crippen LogP contribution in [0.1, 0.15) is 29.6 Å². The van der Waals surface area contributed by atoms with Crippen LogP contribution in [-0.2, 0) is 0 Å². The maximum atomic E-state index is 13.1. The van der Waals surface area contributed by atoms with Gasteiger partial charge in [0, 0.05) is 40.7 Å². The lowest BCUT2D eigenvalue weighted by Gasteiger charge is -2.26. The van der Waals surface area contributed by atoms with Gasteiger partial charge in [-0.25, -0.2) is 0 Å². The number of nitrogens with one attached hydrogen (secondary N) is 2. The van der Waals surface area contributed by atoms with E-state index in [1.165, 1.54) is 19.3 Å². The number of carbonyl (C=O) groups is 1. The van der Waals surface area contributed by atoms with Crippen molar-refractivity contribution >= 4 is 34.4 Å². The standard InChI is InChI=1S/C23H24N4OS/c28-23(25-11-14-27-12-4-1-5-13-27)19-15-18-16-7-2-3-9-20(16)29-26-22(18)21-17(19)8-6-10-24-21/h2-3,6-10,15,26H,1,4-5,11-14H2,(H,25,28). The van der Waals surface area contributed by atoms with Crippen molar-refractivity contribution in [3.05, 3.63) is 54.2 Å². The number of amides is 1. The summed E-state index contributed by atoms with van der Waals surface area (Å²) in [6, 6.07) is 14.2. The molecule has 0 radical (unpaired) electrons. The fraction of sp³-hybridized carbons (Fsp3) is 0.304. The monoisotopic (exact) mass is 404 g/mol. The Balaban J connectivity index is 1.47. The Hall–Kier alpha value is -2.57. The third-order valence-electron chi connectivity index (χ3n) is 5.74. The molecule has 2 aromatic carbocycles. The smallest absolute Gasteiger partial charge is 0.252 e. The van der Waals surface area contributed by atoms with Crippen LogP contribution < -0.4 is 10.0 Å². The van der Waals surface area contributed by atoms with E-state index in [0.29, 0.717) is 12.1 Å². The summed E-state index contributed by atoms with van der Waals surface area (Å²) in [6.45, 7) is 3.86. The molecule has 1 fully saturated rings. The van der Waals surface area contributed by atoms with Gasteiger partial charge in [0.25, 0.3) is 5.91 Å². The molecule has 1 aromatic heterocycles. The first-order chi connectivity index (χ1) is 14.3. The molecule has 148 valence electrons. The van der Waals surface area contributed by atoms with Crippen molar-refractivity contribution in [2.75, 3.05) is 30.9 Å². The quantitative estimate of drug-likeness (QED) is 0.625. The van der Waals surface area contributed by atoms with Crippen molar-refractivity contribution < 1.29 is 4.79 Å². The van der Waals surface area contributed by atoms with Gasteiger partial charge in [0.05, 0.1) is 11.2 Å². The summed E-state index contributed by atoms with van der Waals surface area (Å²) in [5, 5.41) is 4.02. The van der Waals surface area contributed by atoms with Crippen molar-refractivity contribution in [1.29, 1.82) is 0 Å². The Kier molecular flexibility index (Phi) is 5.12. The van der Waals surface area contributed by atoms with Crippen LogP contribution in [0.15, 0.2) is 53.6 Å². The van der Waals surface area contributed by atoms with Gasteiger partial charge in [-0.15, -0.1) is 0 Å². The Morgan fingerprint density at radius 2 is 1.97 bits per heavy atom. The fourth-order valence-electron chi connectivity index (χ4n) is 4.24. The third-order valence-corrected chi connectivity index (χ3v) is 6.62. The highest BCUT2D eigenvalue weighted by atomic mass is 32.2. The normalized spacial score (nSPS) is 16.0. The van der Waals surface area contributed by atoms with Gasteiger partial charge < -0.3 is 14.9 Å². The summed E-state index contributed by atoms with van der Waals surface area (Å²) in [5.74, 6) is -0.0292. The van der Waals surface area contributed by atoms with Crippen LogP contribution >= 0.6 is 11.9 Å². The van der Waals surface area contributed by atoms with Crippen molar-refractivity contribution in [3.63, 3.8) is 0 Å². The van der Waals surface area contributed by atoms with E-state index >= 15 is 0 Å². The molecule has 3 heterocycles. The zero-order valence-electron chi connectivity index (χ0n) is 16.3. The second-order valence-electron chi connectivity index (χ2n) is 7.60. The number of fused-ring (bicyclic) bond motifs is 5. The van der Waals surface area contributed by atoms with Crippen molar-refractivity contribution in [2.45, 2.75) is 24.2 Å². The molecule has 0 spiro atoms. The van der Waals surface area contributed by atoms with E-state index in [1.54, 1.807) is 18.1 Å². The number of hydrogen-bond acceptors (Lipinski definition) is 5. The number of nitrogens with zero attached hydrogens (tertiary/aromatic N) is 2. The van der Waals surface area contributed by atoms with Crippen LogP contribution in [0, 0.1) is 0 Å². The van der Waals surface area contributed by atoms with Crippen molar-refractivity contribution in [3.8, 4) is 11.1 Å². The van der Waals surface area contributed by atoms with E-state index in [0.717, 1.165) is 52.2 Å². The lowest BCUT2D eigenvalue weighted by molar-refractivity contribution is 0.0948. The molecule has 1 amide bonds. The third kappa shape index (κ3) is 3.58. The summed E-state index contributed by atoms with van der Waals surface area (Å²) < 4.78 is 3.43. The summed E-state index contributed by atoms with van der Waals surface area (Å²) in [6.07, 6.45) is 5.64. The molecule has 0 bridgehead atoms. The Bertz CT molecular complexity index is 1060. The highest BCUT2D eigenvalue weighted by molar-refractivity contribution is 8.00. The summed E-state index contributed by atoms with van der Waals surface area (Å²) in [4.78, 5) is 21.3. The summed E-state index contributed by atoms with van der Waals surface area (Å²) in [7, 11) is 0. The molecule has 2 N–H and O–H groups in total. The van der Waals surface area contributed by atoms with Gasteiger partial charge >= 0.3 is 0 Å². The van der Waals surface area contributed by atoms with Crippen molar-refractivity contribution in [2.24, 2.45) is 0 Å². The molecular formula is C23H24N4OS. The molecule has 0 aliphatic carbocycles. The minimum Gasteiger partial charge on any atom is -0.351 e. The zero-order valence-corrected chi connectivity index (χ0v) is 17.1. The first-order valence-electron chi connectivity index (χ1n) is 10.3. The SMILES string of the molecule is O=C(NCCN1CCCCC1)c1cc2c(c3ncccc13)NSc1ccccc1-2. The highest BCUT2D eigenvalue weighted by Crippen LogP contribution is 2.45. The van der Waals surface area contributed by atoms with Gasteiger partial charge in [0.15, 0.2) is 0 Å². The van der Waals surface area contributed by atoms with Crippen LogP contribution in [0.2, 0.25) is 0 Å². The number of carbonyl (C=O) groups excluding carboxylic acids is 1. The van der Waals surface area contributed by atoms with Gasteiger partial charge in [-0.3, -0.25) is 9.78 Å². The summed E-state index contributed by atoms with van der Waals surface area (Å²) >= 11 is 1.59. The molecule has 0 unspecified atom stereocenters. The number of likely N-dealkylation sites (tertiary alicyclic amines) is 1. The van der Waals surface area contributed by atoms with Gasteiger partial charge in [0.1, 0.15) is 0 Å². The molecule has 2 aliphatic heterocycles. The maximum Gasteiger partial charge on any atom is 0.252 e. The van der Waals surface area contributed by atoms with Gasteiger partial charge in [-0.2, -0.15) is 0 Å². The van der Waals surface area contributed by atoms with Crippen molar-refractivity contribution in [1.82, 2.24) is 15.2 Å². The van der Waals surface area contributed by atoms with Crippen LogP contribution in [0.4, 0.5) is 5.69 Å². The number of pyridine rings is 1. The number of piperidine rings is 1. The molecule has 1 saturated heterocycles. The number of rotatable bonds is 4. The molecule has 5 rings (SSSR count). The predicted molar refractivity (Wildman–Crippen MR) is 119 cm³/mol. The fourth-order valence-corrected chi connectivity index (χ4v) is 5.09. The lowest BCUT2D eigenvalue weighted by Crippen LogP contribution is -2.37. The molecule has 0 saturated carbocycles. The average molecular weight is 405 g/mol. The topological polar surface area (TPSA) is 57.3 Å². The molecule has 0 atom stereocenters. The Morgan fingerprint density at radius 1 is 1.10 bits per heavy atom. The second-order valence-corrected chi connectivity index (χ2v) is 8.45. The minimum absolute atomic E-state index is 0.0292. The minimum atomic E-state index is -0.0292. The Morgan fingerprint density at radius 3 is 2.86 bits per heavy atom. The highest BCUT2D eigenvalue weighted by Gasteiger charge is 2.23. The molecule has 5 nitrogen and oxygen atoms in total. The molecule has 29 heavy (non-hydrogen) atoms. The first-order valence-corrected chi connectivity index (χ1v) is 11.1. The largest absolute Gasteiger partial charge is 0.351 e. The van der Waals surface area contributed by atoms with Crippen LogP contribution in [0.3, 0.4) is 0 Å². The number of benzene rings is 2. The predicted octanol–water partition coefficient (Wildman–Crippen LogP) is 4.55. The van der Waals surface area contributed by atoms with E-state index in [2.05, 4.69) is 32.1 Å². The van der Waals surface area contributed by atoms with Gasteiger partial charge in [-0.1, -0.05) is 30.7 Å². The van der Waals surface area contributed by atoms with Gasteiger partial charge in [0.2, 0.25) is 0 Å². The molecular weight excluding hydrogens is 380 g/mol. The van der Waals surface area contributed by atoms with Crippen LogP contribution in [0.5, 0.6) is 0 Å². The first kappa shape index (κ1) is 18.5. The van der Waals surface area contributed by atoms with E-state index in [-0.39, 0.29) is 5.91 Å². The van der Waals surface area contributed by atoms with Crippen LogP contribution in [0.25, 0.3) is 22.0 Å². The molecule has 6 heteroatoms. The second kappa shape index (κ2) is 8.05. The van der Waals surface area contributed by atoms with E-state index in [1.807, 2.05) is 30.3 Å². The Labute approximate surface area is 175 Å². The summed E-state index contributed by atoms with van der Waals surface area (Å²) in [5.41, 5.74) is 4.68. The van der Waals surface area contributed by atoms with E-state index in [4.69, 9.17) is 0 Å². The van der Waals surface area contributed by atoms with E-state index < -0.39 is 0 Å². The van der Waals surface area contributed by atoms with Gasteiger partial charge in [-0.05, 0) is 61.6 Å².